The van der Waals surface area contributed by atoms with Crippen molar-refractivity contribution in [1.29, 1.82) is 0 Å². The molecule has 1 heterocycles. The molecule has 3 aromatic carbocycles. The van der Waals surface area contributed by atoms with Crippen LogP contribution >= 0.6 is 0 Å². The summed E-state index contributed by atoms with van der Waals surface area (Å²) >= 11 is 0. The first-order valence-electron chi connectivity index (χ1n) is 12.4. The molecule has 4 rings (SSSR count). The van der Waals surface area contributed by atoms with Crippen molar-refractivity contribution in [2.75, 3.05) is 34.3 Å². The lowest BCUT2D eigenvalue weighted by molar-refractivity contribution is -0.129. The van der Waals surface area contributed by atoms with Crippen LogP contribution in [0.3, 0.4) is 0 Å². The highest BCUT2D eigenvalue weighted by molar-refractivity contribution is 6.14. The summed E-state index contributed by atoms with van der Waals surface area (Å²) in [7, 11) is 5.35. The SMILES string of the molecule is COc1cc(C2C(C(=O)/C=C/c3ccccc3)=C(O)C(=O)N2CCN(C)C)ccc1OCc1ccccc1. The van der Waals surface area contributed by atoms with Crippen LogP contribution < -0.4 is 9.47 Å². The molecule has 0 saturated carbocycles. The number of hydrogen-bond acceptors (Lipinski definition) is 6. The standard InChI is InChI=1S/C31H32N2O5/c1-32(2)18-19-33-29(28(30(35)31(33)36)25(34)16-14-22-10-6-4-7-11-22)24-15-17-26(27(20-24)37-3)38-21-23-12-8-5-9-13-23/h4-17,20,29,35H,18-19,21H2,1-3H3/b16-14+. The number of benzene rings is 3. The lowest BCUT2D eigenvalue weighted by atomic mass is 9.95. The topological polar surface area (TPSA) is 79.3 Å². The van der Waals surface area contributed by atoms with Gasteiger partial charge in [0.25, 0.3) is 5.91 Å². The summed E-state index contributed by atoms with van der Waals surface area (Å²) in [6, 6.07) is 23.7. The second-order valence-electron chi connectivity index (χ2n) is 9.26. The van der Waals surface area contributed by atoms with E-state index in [1.165, 1.54) is 11.0 Å². The number of allylic oxidation sites excluding steroid dienone is 1. The molecule has 1 aliphatic heterocycles. The number of amides is 1. The summed E-state index contributed by atoms with van der Waals surface area (Å²) in [5.74, 6) is -0.525. The van der Waals surface area contributed by atoms with Crippen molar-refractivity contribution in [3.8, 4) is 11.5 Å². The van der Waals surface area contributed by atoms with E-state index in [2.05, 4.69) is 0 Å². The number of hydrogen-bond donors (Lipinski definition) is 1. The Morgan fingerprint density at radius 3 is 2.34 bits per heavy atom. The number of likely N-dealkylation sites (N-methyl/N-ethyl adjacent to an activating group) is 1. The van der Waals surface area contributed by atoms with E-state index in [0.29, 0.717) is 36.8 Å². The molecule has 0 aliphatic carbocycles. The minimum absolute atomic E-state index is 0.0425. The van der Waals surface area contributed by atoms with Gasteiger partial charge in [-0.25, -0.2) is 0 Å². The highest BCUT2D eigenvalue weighted by Gasteiger charge is 2.43. The summed E-state index contributed by atoms with van der Waals surface area (Å²) in [4.78, 5) is 30.0. The monoisotopic (exact) mass is 512 g/mol. The molecule has 0 bridgehead atoms. The molecular weight excluding hydrogens is 480 g/mol. The Morgan fingerprint density at radius 2 is 1.68 bits per heavy atom. The second kappa shape index (κ2) is 12.3. The lowest BCUT2D eigenvalue weighted by Gasteiger charge is -2.28. The Balaban J connectivity index is 1.67. The first kappa shape index (κ1) is 26.7. The van der Waals surface area contributed by atoms with Crippen LogP contribution in [0.4, 0.5) is 0 Å². The Morgan fingerprint density at radius 1 is 1.00 bits per heavy atom. The third-order valence-corrected chi connectivity index (χ3v) is 6.32. The molecule has 38 heavy (non-hydrogen) atoms. The van der Waals surface area contributed by atoms with Gasteiger partial charge >= 0.3 is 0 Å². The molecular formula is C31H32N2O5. The molecule has 3 aromatic rings. The van der Waals surface area contributed by atoms with Crippen molar-refractivity contribution >= 4 is 17.8 Å². The quantitative estimate of drug-likeness (QED) is 0.372. The second-order valence-corrected chi connectivity index (χ2v) is 9.26. The first-order chi connectivity index (χ1) is 18.4. The van der Waals surface area contributed by atoms with Crippen molar-refractivity contribution < 1.29 is 24.2 Å². The summed E-state index contributed by atoms with van der Waals surface area (Å²) in [6.07, 6.45) is 3.07. The fourth-order valence-electron chi connectivity index (χ4n) is 4.32. The van der Waals surface area contributed by atoms with E-state index in [4.69, 9.17) is 9.47 Å². The number of ketones is 1. The molecule has 1 N–H and O–H groups in total. The fourth-order valence-corrected chi connectivity index (χ4v) is 4.32. The third kappa shape index (κ3) is 6.12. The van der Waals surface area contributed by atoms with Gasteiger partial charge in [-0.15, -0.1) is 0 Å². The molecule has 0 aromatic heterocycles. The average Bonchev–Trinajstić information content (AvgIpc) is 3.19. The van der Waals surface area contributed by atoms with Gasteiger partial charge in [0.1, 0.15) is 6.61 Å². The van der Waals surface area contributed by atoms with Crippen LogP contribution in [-0.4, -0.2) is 60.9 Å². The largest absolute Gasteiger partial charge is 0.503 e. The predicted molar refractivity (Wildman–Crippen MR) is 147 cm³/mol. The maximum atomic E-state index is 13.4. The van der Waals surface area contributed by atoms with Crippen LogP contribution in [0.15, 0.2) is 96.3 Å². The Kier molecular flexibility index (Phi) is 8.61. The van der Waals surface area contributed by atoms with Crippen LogP contribution in [0.2, 0.25) is 0 Å². The van der Waals surface area contributed by atoms with Crippen LogP contribution in [-0.2, 0) is 16.2 Å². The van der Waals surface area contributed by atoms with Crippen LogP contribution in [0.1, 0.15) is 22.7 Å². The number of ether oxygens (including phenoxy) is 2. The van der Waals surface area contributed by atoms with Gasteiger partial charge in [-0.1, -0.05) is 72.8 Å². The fraction of sp³-hybridized carbons (Fsp3) is 0.226. The maximum absolute atomic E-state index is 13.4. The number of carbonyl (C=O) groups is 2. The van der Waals surface area contributed by atoms with Crippen LogP contribution in [0.5, 0.6) is 11.5 Å². The number of nitrogens with zero attached hydrogens (tertiary/aromatic N) is 2. The van der Waals surface area contributed by atoms with Crippen molar-refractivity contribution in [3.05, 3.63) is 113 Å². The van der Waals surface area contributed by atoms with Gasteiger partial charge in [0.15, 0.2) is 23.0 Å². The van der Waals surface area contributed by atoms with Gasteiger partial charge in [0, 0.05) is 13.1 Å². The summed E-state index contributed by atoms with van der Waals surface area (Å²) in [5, 5.41) is 10.8. The van der Waals surface area contributed by atoms with Crippen LogP contribution in [0, 0.1) is 0 Å². The van der Waals surface area contributed by atoms with Gasteiger partial charge < -0.3 is 24.4 Å². The minimum Gasteiger partial charge on any atom is -0.503 e. The van der Waals surface area contributed by atoms with E-state index in [1.807, 2.05) is 79.7 Å². The van der Waals surface area contributed by atoms with E-state index >= 15 is 0 Å². The average molecular weight is 513 g/mol. The molecule has 7 nitrogen and oxygen atoms in total. The molecule has 7 heteroatoms. The molecule has 0 fully saturated rings. The zero-order valence-electron chi connectivity index (χ0n) is 21.8. The van der Waals surface area contributed by atoms with E-state index in [9.17, 15) is 14.7 Å². The molecule has 0 radical (unpaired) electrons. The minimum atomic E-state index is -0.771. The van der Waals surface area contributed by atoms with Gasteiger partial charge in [-0.3, -0.25) is 9.59 Å². The summed E-state index contributed by atoms with van der Waals surface area (Å²) in [6.45, 7) is 1.25. The first-order valence-corrected chi connectivity index (χ1v) is 12.4. The van der Waals surface area contributed by atoms with E-state index in [-0.39, 0.29) is 5.57 Å². The zero-order chi connectivity index (χ0) is 27.1. The van der Waals surface area contributed by atoms with Crippen LogP contribution in [0.25, 0.3) is 6.08 Å². The molecule has 1 amide bonds. The predicted octanol–water partition coefficient (Wildman–Crippen LogP) is 4.81. The molecule has 0 spiro atoms. The molecule has 196 valence electrons. The lowest BCUT2D eigenvalue weighted by Crippen LogP contribution is -2.36. The maximum Gasteiger partial charge on any atom is 0.290 e. The van der Waals surface area contributed by atoms with Crippen molar-refractivity contribution in [1.82, 2.24) is 9.80 Å². The molecule has 1 aliphatic rings. The third-order valence-electron chi connectivity index (χ3n) is 6.32. The zero-order valence-corrected chi connectivity index (χ0v) is 21.8. The van der Waals surface area contributed by atoms with Crippen molar-refractivity contribution in [2.45, 2.75) is 12.6 Å². The smallest absolute Gasteiger partial charge is 0.290 e. The number of methoxy groups -OCH3 is 1. The number of aliphatic hydroxyl groups is 1. The number of rotatable bonds is 11. The number of carbonyl (C=O) groups excluding carboxylic acids is 2. The van der Waals surface area contributed by atoms with E-state index in [1.54, 1.807) is 31.4 Å². The highest BCUT2D eigenvalue weighted by Crippen LogP contribution is 2.41. The molecule has 1 atom stereocenters. The molecule has 1 unspecified atom stereocenters. The Bertz CT molecular complexity index is 1330. The normalized spacial score (nSPS) is 15.5. The highest BCUT2D eigenvalue weighted by atomic mass is 16.5. The van der Waals surface area contributed by atoms with Gasteiger partial charge in [-0.05, 0) is 49.0 Å². The Labute approximate surface area is 223 Å². The Hall–Kier alpha value is -4.36. The van der Waals surface area contributed by atoms with E-state index in [0.717, 1.165) is 11.1 Å². The van der Waals surface area contributed by atoms with Gasteiger partial charge in [0.2, 0.25) is 0 Å². The van der Waals surface area contributed by atoms with Gasteiger partial charge in [-0.2, -0.15) is 0 Å². The summed E-state index contributed by atoms with van der Waals surface area (Å²) < 4.78 is 11.6. The van der Waals surface area contributed by atoms with Crippen molar-refractivity contribution in [3.63, 3.8) is 0 Å². The number of aliphatic hydroxyl groups excluding tert-OH is 1. The molecule has 0 saturated heterocycles. The van der Waals surface area contributed by atoms with Gasteiger partial charge in [0.05, 0.1) is 18.7 Å². The van der Waals surface area contributed by atoms with E-state index < -0.39 is 23.5 Å². The summed E-state index contributed by atoms with van der Waals surface area (Å²) in [5.41, 5.74) is 2.54. The van der Waals surface area contributed by atoms with Crippen molar-refractivity contribution in [2.24, 2.45) is 0 Å².